The molecule has 2 amide bonds. The molecule has 0 heterocycles. The van der Waals surface area contributed by atoms with E-state index in [2.05, 4.69) is 112 Å². The van der Waals surface area contributed by atoms with Gasteiger partial charge in [0, 0.05) is 19.4 Å². The van der Waals surface area contributed by atoms with Gasteiger partial charge in [0.15, 0.2) is 6.04 Å². The van der Waals surface area contributed by atoms with Gasteiger partial charge < -0.3 is 30.7 Å². The van der Waals surface area contributed by atoms with E-state index in [1.807, 2.05) is 6.08 Å². The number of carbonyl (C=O) groups is 3. The Hall–Kier alpha value is -3.27. The number of carboxylic acid groups (broad SMARTS) is 1. The largest absolute Gasteiger partial charge is 0.480 e. The lowest BCUT2D eigenvalue weighted by atomic mass is 9.41. The van der Waals surface area contributed by atoms with Crippen LogP contribution in [0.3, 0.4) is 0 Å². The molecule has 0 spiro atoms. The second-order valence-corrected chi connectivity index (χ2v) is 19.5. The maximum absolute atomic E-state index is 13.1. The summed E-state index contributed by atoms with van der Waals surface area (Å²) in [7, 11) is 0. The SMILES string of the molecule is CC/C=C\C/C=C\C/C=C\C/C=C\C/C=C\C/C=C\CCC(=O)NCCOCC(NC(=O)CC[C@@H](C)C1CC[C@H]2[C@@H]3[C@H](O)[C@H](CC)[C@@H]4C[C@H](O)CC[C@]4(C)[C@H]3CC[C@]12C)C(=O)O. The average molecular weight is 861 g/mol. The van der Waals surface area contributed by atoms with Crippen molar-refractivity contribution in [1.29, 1.82) is 0 Å². The number of aliphatic carboxylic acids is 1. The Kier molecular flexibility index (Phi) is 22.0. The van der Waals surface area contributed by atoms with Crippen LogP contribution in [0.15, 0.2) is 72.9 Å². The van der Waals surface area contributed by atoms with E-state index in [0.29, 0.717) is 48.9 Å². The Morgan fingerprint density at radius 3 is 1.90 bits per heavy atom. The van der Waals surface area contributed by atoms with Crippen LogP contribution in [0.5, 0.6) is 0 Å². The summed E-state index contributed by atoms with van der Waals surface area (Å²) < 4.78 is 5.57. The van der Waals surface area contributed by atoms with Crippen molar-refractivity contribution in [3.8, 4) is 0 Å². The third kappa shape index (κ3) is 14.6. The van der Waals surface area contributed by atoms with E-state index < -0.39 is 12.0 Å². The van der Waals surface area contributed by atoms with Crippen LogP contribution in [-0.4, -0.2) is 71.1 Å². The monoisotopic (exact) mass is 861 g/mol. The number of fused-ring (bicyclic) bond motifs is 5. The van der Waals surface area contributed by atoms with E-state index in [0.717, 1.165) is 89.9 Å². The van der Waals surface area contributed by atoms with E-state index in [-0.39, 0.29) is 72.9 Å². The summed E-state index contributed by atoms with van der Waals surface area (Å²) >= 11 is 0. The smallest absolute Gasteiger partial charge is 0.328 e. The van der Waals surface area contributed by atoms with Gasteiger partial charge >= 0.3 is 5.97 Å². The predicted molar refractivity (Wildman–Crippen MR) is 251 cm³/mol. The summed E-state index contributed by atoms with van der Waals surface area (Å²) in [5.41, 5.74) is 0.274. The lowest BCUT2D eigenvalue weighted by molar-refractivity contribution is -0.203. The van der Waals surface area contributed by atoms with Gasteiger partial charge in [0.1, 0.15) is 0 Å². The molecule has 4 saturated carbocycles. The Labute approximate surface area is 375 Å². The molecule has 9 heteroatoms. The number of aliphatic hydroxyl groups is 2. The fourth-order valence-electron chi connectivity index (χ4n) is 12.3. The van der Waals surface area contributed by atoms with Gasteiger partial charge in [0.05, 0.1) is 25.4 Å². The molecule has 9 nitrogen and oxygen atoms in total. The molecule has 0 aromatic carbocycles. The summed E-state index contributed by atoms with van der Waals surface area (Å²) in [4.78, 5) is 37.3. The van der Waals surface area contributed by atoms with Gasteiger partial charge in [0.25, 0.3) is 0 Å². The number of allylic oxidation sites excluding steroid dienone is 12. The first-order chi connectivity index (χ1) is 29.9. The Morgan fingerprint density at radius 1 is 0.726 bits per heavy atom. The molecule has 2 unspecified atom stereocenters. The minimum Gasteiger partial charge on any atom is -0.480 e. The summed E-state index contributed by atoms with van der Waals surface area (Å²) in [5, 5.41) is 37.9. The highest BCUT2D eigenvalue weighted by Gasteiger charge is 2.64. The number of rotatable bonds is 26. The maximum Gasteiger partial charge on any atom is 0.328 e. The van der Waals surface area contributed by atoms with Gasteiger partial charge in [-0.2, -0.15) is 0 Å². The summed E-state index contributed by atoms with van der Waals surface area (Å²) in [6.07, 6.45) is 41.1. The first-order valence-electron chi connectivity index (χ1n) is 24.5. The van der Waals surface area contributed by atoms with Crippen molar-refractivity contribution < 1.29 is 34.4 Å². The van der Waals surface area contributed by atoms with Crippen LogP contribution in [0.25, 0.3) is 0 Å². The molecule has 0 aromatic rings. The van der Waals surface area contributed by atoms with Crippen molar-refractivity contribution in [3.63, 3.8) is 0 Å². The number of nitrogens with one attached hydrogen (secondary N) is 2. The lowest BCUT2D eigenvalue weighted by Crippen LogP contribution is -2.62. The van der Waals surface area contributed by atoms with Crippen molar-refractivity contribution in [2.45, 2.75) is 168 Å². The third-order valence-electron chi connectivity index (χ3n) is 15.6. The van der Waals surface area contributed by atoms with Gasteiger partial charge in [0.2, 0.25) is 11.8 Å². The number of carbonyl (C=O) groups excluding carboxylic acids is 2. The van der Waals surface area contributed by atoms with Crippen LogP contribution < -0.4 is 10.6 Å². The van der Waals surface area contributed by atoms with E-state index in [4.69, 9.17) is 4.74 Å². The van der Waals surface area contributed by atoms with Crippen LogP contribution >= 0.6 is 0 Å². The van der Waals surface area contributed by atoms with Crippen LogP contribution in [-0.2, 0) is 19.1 Å². The minimum absolute atomic E-state index is 0.0891. The Morgan fingerprint density at radius 2 is 1.31 bits per heavy atom. The predicted octanol–water partition coefficient (Wildman–Crippen LogP) is 10.2. The first kappa shape index (κ1) is 51.4. The fourth-order valence-corrected chi connectivity index (χ4v) is 12.3. The van der Waals surface area contributed by atoms with Gasteiger partial charge in [-0.15, -0.1) is 0 Å². The molecule has 0 radical (unpaired) electrons. The minimum atomic E-state index is -1.16. The number of amides is 2. The molecular formula is C53H84N2O7. The molecule has 0 saturated heterocycles. The van der Waals surface area contributed by atoms with E-state index >= 15 is 0 Å². The van der Waals surface area contributed by atoms with E-state index in [1.54, 1.807) is 0 Å². The molecule has 62 heavy (non-hydrogen) atoms. The highest BCUT2D eigenvalue weighted by Crippen LogP contribution is 2.69. The van der Waals surface area contributed by atoms with Crippen molar-refractivity contribution in [2.75, 3.05) is 19.8 Å². The molecule has 4 rings (SSSR count). The molecule has 4 aliphatic carbocycles. The van der Waals surface area contributed by atoms with Gasteiger partial charge in [-0.3, -0.25) is 9.59 Å². The summed E-state index contributed by atoms with van der Waals surface area (Å²) in [6, 6.07) is -1.16. The fraction of sp³-hybridized carbons (Fsp3) is 0.717. The summed E-state index contributed by atoms with van der Waals surface area (Å²) in [6.45, 7) is 11.8. The van der Waals surface area contributed by atoms with Crippen LogP contribution in [0, 0.1) is 52.3 Å². The zero-order valence-corrected chi connectivity index (χ0v) is 39.0. The first-order valence-corrected chi connectivity index (χ1v) is 24.5. The van der Waals surface area contributed by atoms with Crippen molar-refractivity contribution in [3.05, 3.63) is 72.9 Å². The number of hydrogen-bond donors (Lipinski definition) is 5. The molecule has 0 aromatic heterocycles. The quantitative estimate of drug-likeness (QED) is 0.0430. The highest BCUT2D eigenvalue weighted by molar-refractivity contribution is 5.83. The molecule has 5 N–H and O–H groups in total. The van der Waals surface area contributed by atoms with Gasteiger partial charge in [-0.25, -0.2) is 4.79 Å². The molecule has 4 fully saturated rings. The Balaban J connectivity index is 1.07. The highest BCUT2D eigenvalue weighted by atomic mass is 16.5. The van der Waals surface area contributed by atoms with Crippen LogP contribution in [0.4, 0.5) is 0 Å². The second kappa shape index (κ2) is 26.5. The van der Waals surface area contributed by atoms with Gasteiger partial charge in [-0.1, -0.05) is 114 Å². The molecule has 4 aliphatic rings. The van der Waals surface area contributed by atoms with Crippen molar-refractivity contribution in [1.82, 2.24) is 10.6 Å². The topological polar surface area (TPSA) is 145 Å². The normalized spacial score (nSPS) is 32.2. The number of hydrogen-bond acceptors (Lipinski definition) is 6. The Bertz CT molecular complexity index is 1570. The lowest BCUT2D eigenvalue weighted by Gasteiger charge is -2.64. The molecule has 0 bridgehead atoms. The van der Waals surface area contributed by atoms with E-state index in [1.165, 1.54) is 0 Å². The second-order valence-electron chi connectivity index (χ2n) is 19.5. The van der Waals surface area contributed by atoms with Crippen molar-refractivity contribution in [2.24, 2.45) is 52.3 Å². The zero-order valence-electron chi connectivity index (χ0n) is 39.0. The number of aliphatic hydroxyl groups excluding tert-OH is 2. The molecule has 12 atom stereocenters. The number of ether oxygens (including phenoxy) is 1. The van der Waals surface area contributed by atoms with E-state index in [9.17, 15) is 29.7 Å². The number of carboxylic acids is 1. The van der Waals surface area contributed by atoms with Crippen LogP contribution in [0.2, 0.25) is 0 Å². The standard InChI is InChI=1S/C53H84N2O7/c1-6-8-9-10-11-12-13-14-15-16-17-18-19-20-21-22-23-24-25-26-47(57)54-35-36-62-38-46(51(60)61)55-48(58)30-27-39(3)42-28-29-43-49-44(32-34-52(42,43)4)53(5)33-31-40(56)37-45(53)41(7-2)50(49)59/h8-9,11-12,14-15,17-18,20-21,23-24,39-46,49-50,56,59H,6-7,10,13,16,19,22,25-38H2,1-5H3,(H,54,57)(H,55,58)(H,60,61)/b9-8-,12-11-,15-14-,18-17-,21-20-,24-23-/t39-,40-,41-,42?,43+,44+,45+,46?,49+,50-,52-,53-/m1/s1. The summed E-state index contributed by atoms with van der Waals surface area (Å²) in [5.74, 6) is 1.06. The van der Waals surface area contributed by atoms with Crippen LogP contribution in [0.1, 0.15) is 150 Å². The average Bonchev–Trinajstić information content (AvgIpc) is 3.60. The third-order valence-corrected chi connectivity index (χ3v) is 15.6. The molecule has 348 valence electrons. The van der Waals surface area contributed by atoms with Gasteiger partial charge in [-0.05, 0) is 149 Å². The maximum atomic E-state index is 13.1. The molecule has 0 aliphatic heterocycles. The molecular weight excluding hydrogens is 777 g/mol. The van der Waals surface area contributed by atoms with Crippen molar-refractivity contribution >= 4 is 17.8 Å². The zero-order chi connectivity index (χ0) is 45.0.